The van der Waals surface area contributed by atoms with Crippen molar-refractivity contribution in [2.24, 2.45) is 0 Å². The zero-order valence-electron chi connectivity index (χ0n) is 14.4. The number of thiazole rings is 1. The van der Waals surface area contributed by atoms with E-state index in [1.807, 2.05) is 0 Å². The summed E-state index contributed by atoms with van der Waals surface area (Å²) in [5, 5.41) is 17.6. The van der Waals surface area contributed by atoms with Crippen LogP contribution in [0.15, 0.2) is 45.8 Å². The molecule has 0 spiro atoms. The Morgan fingerprint density at radius 1 is 1.32 bits per heavy atom. The Morgan fingerprint density at radius 2 is 2.14 bits per heavy atom. The minimum absolute atomic E-state index is 0.0963. The van der Waals surface area contributed by atoms with E-state index >= 15 is 0 Å². The van der Waals surface area contributed by atoms with E-state index in [0.29, 0.717) is 21.6 Å². The number of H-pyrrole nitrogens is 1. The van der Waals surface area contributed by atoms with E-state index in [9.17, 15) is 9.59 Å². The summed E-state index contributed by atoms with van der Waals surface area (Å²) in [6.45, 7) is 0. The molecular weight excluding hydrogens is 402 g/mol. The summed E-state index contributed by atoms with van der Waals surface area (Å²) in [5.41, 5.74) is 0.447. The van der Waals surface area contributed by atoms with Crippen LogP contribution in [0.2, 0.25) is 0 Å². The quantitative estimate of drug-likeness (QED) is 0.455. The van der Waals surface area contributed by atoms with Gasteiger partial charge in [-0.25, -0.2) is 4.98 Å². The largest absolute Gasteiger partial charge is 0.497 e. The van der Waals surface area contributed by atoms with Crippen LogP contribution < -0.4 is 15.6 Å². The highest BCUT2D eigenvalue weighted by Gasteiger charge is 2.15. The number of aromatic nitrogens is 6. The average molecular weight is 415 g/mol. The maximum absolute atomic E-state index is 12.3. The number of nitrogens with one attached hydrogen (secondary N) is 2. The van der Waals surface area contributed by atoms with Crippen molar-refractivity contribution in [3.63, 3.8) is 0 Å². The first-order valence-electron chi connectivity index (χ1n) is 7.96. The van der Waals surface area contributed by atoms with Gasteiger partial charge in [-0.2, -0.15) is 9.61 Å². The number of ether oxygens (including phenoxy) is 1. The van der Waals surface area contributed by atoms with Crippen molar-refractivity contribution in [1.29, 1.82) is 0 Å². The molecule has 10 nitrogen and oxygen atoms in total. The highest BCUT2D eigenvalue weighted by atomic mass is 32.2. The van der Waals surface area contributed by atoms with Crippen LogP contribution >= 0.6 is 23.1 Å². The molecule has 4 aromatic rings. The molecule has 142 valence electrons. The summed E-state index contributed by atoms with van der Waals surface area (Å²) >= 11 is 2.49. The Hall–Kier alpha value is -3.25. The highest BCUT2D eigenvalue weighted by molar-refractivity contribution is 7.99. The van der Waals surface area contributed by atoms with Gasteiger partial charge in [-0.1, -0.05) is 11.8 Å². The molecule has 12 heteroatoms. The van der Waals surface area contributed by atoms with Crippen LogP contribution in [0, 0.1) is 0 Å². The predicted octanol–water partition coefficient (Wildman–Crippen LogP) is 1.68. The van der Waals surface area contributed by atoms with Gasteiger partial charge in [0.2, 0.25) is 11.1 Å². The summed E-state index contributed by atoms with van der Waals surface area (Å²) < 4.78 is 6.53. The van der Waals surface area contributed by atoms with Gasteiger partial charge in [-0.15, -0.1) is 21.5 Å². The monoisotopic (exact) mass is 415 g/mol. The number of thioether (sulfide) groups is 1. The normalized spacial score (nSPS) is 10.9. The number of benzene rings is 1. The minimum atomic E-state index is -0.386. The lowest BCUT2D eigenvalue weighted by molar-refractivity contribution is -0.113. The lowest BCUT2D eigenvalue weighted by atomic mass is 10.1. The molecule has 0 saturated carbocycles. The summed E-state index contributed by atoms with van der Waals surface area (Å²) in [6, 6.07) is 6.96. The molecule has 0 radical (unpaired) electrons. The zero-order chi connectivity index (χ0) is 19.5. The molecule has 0 aliphatic carbocycles. The van der Waals surface area contributed by atoms with E-state index in [1.165, 1.54) is 15.9 Å². The van der Waals surface area contributed by atoms with Crippen LogP contribution in [-0.4, -0.2) is 48.5 Å². The van der Waals surface area contributed by atoms with E-state index in [2.05, 4.69) is 30.6 Å². The summed E-state index contributed by atoms with van der Waals surface area (Å²) in [7, 11) is 1.57. The predicted molar refractivity (Wildman–Crippen MR) is 105 cm³/mol. The molecule has 4 rings (SSSR count). The van der Waals surface area contributed by atoms with E-state index in [4.69, 9.17) is 4.74 Å². The lowest BCUT2D eigenvalue weighted by Crippen LogP contribution is -2.16. The molecule has 28 heavy (non-hydrogen) atoms. The number of carbonyl (C=O) groups is 1. The molecule has 0 bridgehead atoms. The lowest BCUT2D eigenvalue weighted by Gasteiger charge is -2.04. The second kappa shape index (κ2) is 7.78. The summed E-state index contributed by atoms with van der Waals surface area (Å²) in [4.78, 5) is 31.0. The number of rotatable bonds is 6. The molecule has 3 aromatic heterocycles. The van der Waals surface area contributed by atoms with Gasteiger partial charge >= 0.3 is 0 Å². The topological polar surface area (TPSA) is 127 Å². The van der Waals surface area contributed by atoms with Crippen LogP contribution in [-0.2, 0) is 4.79 Å². The van der Waals surface area contributed by atoms with Gasteiger partial charge in [0.15, 0.2) is 10.8 Å². The van der Waals surface area contributed by atoms with E-state index < -0.39 is 0 Å². The van der Waals surface area contributed by atoms with Crippen LogP contribution in [0.4, 0.5) is 5.13 Å². The second-order valence-electron chi connectivity index (χ2n) is 5.42. The van der Waals surface area contributed by atoms with Gasteiger partial charge in [0, 0.05) is 17.1 Å². The third-order valence-corrected chi connectivity index (χ3v) is 5.23. The Labute approximate surface area is 166 Å². The fraction of sp³-hybridized carbons (Fsp3) is 0.125. The van der Waals surface area contributed by atoms with E-state index in [-0.39, 0.29) is 28.7 Å². The summed E-state index contributed by atoms with van der Waals surface area (Å²) in [5.74, 6) is 0.744. The van der Waals surface area contributed by atoms with E-state index in [0.717, 1.165) is 11.8 Å². The van der Waals surface area contributed by atoms with Crippen molar-refractivity contribution >= 4 is 39.9 Å². The van der Waals surface area contributed by atoms with Gasteiger partial charge in [0.1, 0.15) is 5.75 Å². The maximum Gasteiger partial charge on any atom is 0.279 e. The number of methoxy groups -OCH3 is 1. The number of aromatic amines is 1. The molecule has 1 amide bonds. The number of amides is 1. The van der Waals surface area contributed by atoms with Crippen LogP contribution in [0.5, 0.6) is 5.75 Å². The molecule has 2 N–H and O–H groups in total. The molecule has 1 aromatic carbocycles. The number of hydrogen-bond acceptors (Lipinski definition) is 9. The number of carbonyl (C=O) groups excluding carboxylic acids is 1. The molecule has 0 saturated heterocycles. The van der Waals surface area contributed by atoms with Crippen LogP contribution in [0.1, 0.15) is 0 Å². The minimum Gasteiger partial charge on any atom is -0.497 e. The Kier molecular flexibility index (Phi) is 5.04. The molecule has 0 unspecified atom stereocenters. The third-order valence-electron chi connectivity index (χ3n) is 3.63. The smallest absolute Gasteiger partial charge is 0.279 e. The Bertz CT molecular complexity index is 1170. The molecular formula is C16H13N7O3S2. The molecule has 0 aliphatic heterocycles. The van der Waals surface area contributed by atoms with Crippen molar-refractivity contribution in [3.8, 4) is 17.0 Å². The summed E-state index contributed by atoms with van der Waals surface area (Å²) in [6.07, 6.45) is 1.61. The van der Waals surface area contributed by atoms with E-state index in [1.54, 1.807) is 43.0 Å². The van der Waals surface area contributed by atoms with Gasteiger partial charge < -0.3 is 10.1 Å². The Morgan fingerprint density at radius 3 is 2.86 bits per heavy atom. The van der Waals surface area contributed by atoms with Crippen molar-refractivity contribution < 1.29 is 9.53 Å². The first kappa shape index (κ1) is 18.1. The zero-order valence-corrected chi connectivity index (χ0v) is 16.1. The van der Waals surface area contributed by atoms with Gasteiger partial charge in [0.05, 0.1) is 12.9 Å². The fourth-order valence-electron chi connectivity index (χ4n) is 2.34. The third kappa shape index (κ3) is 3.73. The molecule has 0 fully saturated rings. The maximum atomic E-state index is 12.3. The van der Waals surface area contributed by atoms with Crippen molar-refractivity contribution in [2.75, 3.05) is 18.2 Å². The molecule has 0 aliphatic rings. The first-order valence-corrected chi connectivity index (χ1v) is 9.83. The number of nitrogens with zero attached hydrogens (tertiary/aromatic N) is 5. The Balaban J connectivity index is 1.57. The SMILES string of the molecule is COc1ccc(-c2nn3c(SCC(=O)Nc4nccs4)nnc3[nH]c2=O)cc1. The van der Waals surface area contributed by atoms with Crippen LogP contribution in [0.3, 0.4) is 0 Å². The highest BCUT2D eigenvalue weighted by Crippen LogP contribution is 2.20. The average Bonchev–Trinajstić information content (AvgIpc) is 3.35. The molecule has 3 heterocycles. The number of hydrogen-bond donors (Lipinski definition) is 2. The van der Waals surface area contributed by atoms with Crippen LogP contribution in [0.25, 0.3) is 17.0 Å². The van der Waals surface area contributed by atoms with Gasteiger partial charge in [-0.05, 0) is 24.3 Å². The first-order chi connectivity index (χ1) is 13.6. The number of anilines is 1. The van der Waals surface area contributed by atoms with Crippen molar-refractivity contribution in [2.45, 2.75) is 5.16 Å². The fourth-order valence-corrected chi connectivity index (χ4v) is 3.56. The van der Waals surface area contributed by atoms with Crippen molar-refractivity contribution in [3.05, 3.63) is 46.2 Å². The number of fused-ring (bicyclic) bond motifs is 1. The second-order valence-corrected chi connectivity index (χ2v) is 7.26. The van der Waals surface area contributed by atoms with Gasteiger partial charge in [-0.3, -0.25) is 14.6 Å². The van der Waals surface area contributed by atoms with Gasteiger partial charge in [0.25, 0.3) is 11.3 Å². The standard InChI is InChI=1S/C16H13N7O3S2/c1-26-10-4-2-9(3-5-10)12-13(25)19-14-20-21-16(23(14)22-12)28-8-11(24)18-15-17-6-7-27-15/h2-7H,8H2,1H3,(H,17,18,24)(H,19,20,25). The van der Waals surface area contributed by atoms with Crippen molar-refractivity contribution in [1.82, 2.24) is 29.8 Å². The molecule has 0 atom stereocenters.